The normalized spacial score (nSPS) is 15.0. The average molecular weight is 487 g/mol. The first kappa shape index (κ1) is 25.7. The quantitative estimate of drug-likeness (QED) is 0.423. The van der Waals surface area contributed by atoms with E-state index >= 15 is 0 Å². The van der Waals surface area contributed by atoms with Crippen LogP contribution in [0.5, 0.6) is 0 Å². The summed E-state index contributed by atoms with van der Waals surface area (Å²) < 4.78 is 1.68. The third kappa shape index (κ3) is 6.84. The van der Waals surface area contributed by atoms with Crippen molar-refractivity contribution in [3.63, 3.8) is 0 Å². The first-order valence-electron chi connectivity index (χ1n) is 13.1. The van der Waals surface area contributed by atoms with Crippen LogP contribution in [-0.4, -0.2) is 57.6 Å². The molecule has 6 heteroatoms. The van der Waals surface area contributed by atoms with E-state index in [9.17, 15) is 9.59 Å². The number of piperidine rings is 1. The highest BCUT2D eigenvalue weighted by Crippen LogP contribution is 2.28. The molecule has 1 unspecified atom stereocenters. The molecule has 0 aliphatic carbocycles. The molecule has 0 spiro atoms. The van der Waals surface area contributed by atoms with Gasteiger partial charge in [0, 0.05) is 45.0 Å². The number of amides is 2. The summed E-state index contributed by atoms with van der Waals surface area (Å²) in [5.74, 6) is 0.671. The van der Waals surface area contributed by atoms with Gasteiger partial charge in [-0.3, -0.25) is 14.3 Å². The molecule has 1 aromatic heterocycles. The van der Waals surface area contributed by atoms with E-state index in [1.807, 2.05) is 47.3 Å². The maximum absolute atomic E-state index is 13.2. The Labute approximate surface area is 214 Å². The number of carbonyl (C=O) groups is 2. The SMILES string of the molecule is Cc1ccccc1CC(C1CCN(C(=O)CCCc2ccccc2)CC1)N(C)C(=O)Cn1cccn1. The minimum atomic E-state index is 0.0664. The molecule has 1 aliphatic heterocycles. The summed E-state index contributed by atoms with van der Waals surface area (Å²) >= 11 is 0. The standard InChI is InChI=1S/C30H38N4O2/c1-24-10-6-7-14-27(24)22-28(32(2)30(36)23-34-19-9-18-31-34)26-16-20-33(21-17-26)29(35)15-8-13-25-11-4-3-5-12-25/h3-7,9-12,14,18-19,26,28H,8,13,15-17,20-23H2,1-2H3. The number of nitrogens with zero attached hydrogens (tertiary/aromatic N) is 4. The van der Waals surface area contributed by atoms with E-state index in [0.717, 1.165) is 45.2 Å². The van der Waals surface area contributed by atoms with E-state index in [-0.39, 0.29) is 24.4 Å². The highest BCUT2D eigenvalue weighted by molar-refractivity contribution is 5.76. The number of rotatable bonds is 10. The number of hydrogen-bond acceptors (Lipinski definition) is 3. The molecule has 190 valence electrons. The predicted molar refractivity (Wildman–Crippen MR) is 142 cm³/mol. The van der Waals surface area contributed by atoms with Gasteiger partial charge in [0.2, 0.25) is 11.8 Å². The van der Waals surface area contributed by atoms with Crippen molar-refractivity contribution in [1.82, 2.24) is 19.6 Å². The van der Waals surface area contributed by atoms with E-state index < -0.39 is 0 Å². The molecular formula is C30H38N4O2. The van der Waals surface area contributed by atoms with Crippen LogP contribution < -0.4 is 0 Å². The van der Waals surface area contributed by atoms with E-state index in [1.165, 1.54) is 16.7 Å². The molecule has 0 N–H and O–H groups in total. The van der Waals surface area contributed by atoms with E-state index in [2.05, 4.69) is 48.4 Å². The molecule has 4 rings (SSSR count). The zero-order valence-corrected chi connectivity index (χ0v) is 21.6. The first-order valence-corrected chi connectivity index (χ1v) is 13.1. The molecule has 0 radical (unpaired) electrons. The minimum Gasteiger partial charge on any atom is -0.343 e. The van der Waals surface area contributed by atoms with Crippen molar-refractivity contribution in [2.24, 2.45) is 5.92 Å². The van der Waals surface area contributed by atoms with E-state index in [1.54, 1.807) is 10.9 Å². The average Bonchev–Trinajstić information content (AvgIpc) is 3.41. The van der Waals surface area contributed by atoms with Gasteiger partial charge in [-0.05, 0) is 67.7 Å². The minimum absolute atomic E-state index is 0.0664. The van der Waals surface area contributed by atoms with Crippen molar-refractivity contribution >= 4 is 11.8 Å². The van der Waals surface area contributed by atoms with Gasteiger partial charge in [-0.1, -0.05) is 54.6 Å². The number of benzene rings is 2. The topological polar surface area (TPSA) is 58.4 Å². The van der Waals surface area contributed by atoms with Gasteiger partial charge in [-0.15, -0.1) is 0 Å². The van der Waals surface area contributed by atoms with Crippen LogP contribution in [0.3, 0.4) is 0 Å². The number of aryl methyl sites for hydroxylation is 2. The summed E-state index contributed by atoms with van der Waals surface area (Å²) in [7, 11) is 1.93. The number of hydrogen-bond donors (Lipinski definition) is 0. The van der Waals surface area contributed by atoms with Crippen molar-refractivity contribution in [3.05, 3.63) is 89.7 Å². The Bertz CT molecular complexity index is 1100. The van der Waals surface area contributed by atoms with Crippen LogP contribution in [0.25, 0.3) is 0 Å². The Kier molecular flexibility index (Phi) is 8.93. The summed E-state index contributed by atoms with van der Waals surface area (Å²) in [5.41, 5.74) is 3.81. The van der Waals surface area contributed by atoms with Crippen molar-refractivity contribution in [3.8, 4) is 0 Å². The zero-order valence-electron chi connectivity index (χ0n) is 21.6. The summed E-state index contributed by atoms with van der Waals surface area (Å²) in [6.07, 6.45) is 8.58. The molecule has 1 aliphatic rings. The van der Waals surface area contributed by atoms with Crippen LogP contribution in [0.15, 0.2) is 73.1 Å². The summed E-state index contributed by atoms with van der Waals surface area (Å²) in [4.78, 5) is 30.0. The fourth-order valence-electron chi connectivity index (χ4n) is 5.29. The van der Waals surface area contributed by atoms with Crippen molar-refractivity contribution in [2.75, 3.05) is 20.1 Å². The summed E-state index contributed by atoms with van der Waals surface area (Å²) in [5, 5.41) is 4.21. The third-order valence-electron chi connectivity index (χ3n) is 7.57. The Morgan fingerprint density at radius 1 is 1.03 bits per heavy atom. The molecule has 1 fully saturated rings. The van der Waals surface area contributed by atoms with Gasteiger partial charge in [0.1, 0.15) is 6.54 Å². The zero-order chi connectivity index (χ0) is 25.3. The Morgan fingerprint density at radius 2 is 1.75 bits per heavy atom. The molecule has 2 amide bonds. The number of likely N-dealkylation sites (tertiary alicyclic amines) is 1. The van der Waals surface area contributed by atoms with Gasteiger partial charge in [0.05, 0.1) is 0 Å². The monoisotopic (exact) mass is 486 g/mol. The van der Waals surface area contributed by atoms with Crippen LogP contribution in [0.1, 0.15) is 42.4 Å². The largest absolute Gasteiger partial charge is 0.343 e. The molecule has 0 saturated carbocycles. The molecule has 1 atom stereocenters. The maximum Gasteiger partial charge on any atom is 0.244 e. The predicted octanol–water partition coefficient (Wildman–Crippen LogP) is 4.52. The lowest BCUT2D eigenvalue weighted by atomic mass is 9.84. The summed E-state index contributed by atoms with van der Waals surface area (Å²) in [6.45, 7) is 3.90. The van der Waals surface area contributed by atoms with Gasteiger partial charge in [0.25, 0.3) is 0 Å². The Morgan fingerprint density at radius 3 is 2.44 bits per heavy atom. The molecule has 2 aromatic carbocycles. The highest BCUT2D eigenvalue weighted by Gasteiger charge is 2.33. The molecule has 3 aromatic rings. The lowest BCUT2D eigenvalue weighted by Crippen LogP contribution is -2.49. The van der Waals surface area contributed by atoms with Crippen LogP contribution in [0.2, 0.25) is 0 Å². The van der Waals surface area contributed by atoms with Crippen LogP contribution in [-0.2, 0) is 29.0 Å². The molecule has 1 saturated heterocycles. The summed E-state index contributed by atoms with van der Waals surface area (Å²) in [6, 6.07) is 20.7. The fraction of sp³-hybridized carbons (Fsp3) is 0.433. The molecular weight excluding hydrogens is 448 g/mol. The second-order valence-corrected chi connectivity index (χ2v) is 9.96. The lowest BCUT2D eigenvalue weighted by molar-refractivity contribution is -0.137. The van der Waals surface area contributed by atoms with Crippen LogP contribution >= 0.6 is 0 Å². The fourth-order valence-corrected chi connectivity index (χ4v) is 5.29. The first-order chi connectivity index (χ1) is 17.5. The Balaban J connectivity index is 1.36. The molecule has 6 nitrogen and oxygen atoms in total. The van der Waals surface area contributed by atoms with Crippen LogP contribution in [0, 0.1) is 12.8 Å². The van der Waals surface area contributed by atoms with Crippen molar-refractivity contribution in [2.45, 2.75) is 58.0 Å². The van der Waals surface area contributed by atoms with Crippen molar-refractivity contribution in [1.29, 1.82) is 0 Å². The van der Waals surface area contributed by atoms with Gasteiger partial charge >= 0.3 is 0 Å². The molecule has 0 bridgehead atoms. The van der Waals surface area contributed by atoms with E-state index in [0.29, 0.717) is 12.3 Å². The van der Waals surface area contributed by atoms with Gasteiger partial charge in [-0.25, -0.2) is 0 Å². The van der Waals surface area contributed by atoms with Gasteiger partial charge in [-0.2, -0.15) is 5.10 Å². The van der Waals surface area contributed by atoms with Gasteiger partial charge < -0.3 is 9.80 Å². The molecule has 2 heterocycles. The van der Waals surface area contributed by atoms with Gasteiger partial charge in [0.15, 0.2) is 0 Å². The second-order valence-electron chi connectivity index (χ2n) is 9.96. The highest BCUT2D eigenvalue weighted by atomic mass is 16.2. The molecule has 36 heavy (non-hydrogen) atoms. The maximum atomic E-state index is 13.2. The van der Waals surface area contributed by atoms with Crippen LogP contribution in [0.4, 0.5) is 0 Å². The number of likely N-dealkylation sites (N-methyl/N-ethyl adjacent to an activating group) is 1. The smallest absolute Gasteiger partial charge is 0.244 e. The number of aromatic nitrogens is 2. The Hall–Kier alpha value is -3.41. The second kappa shape index (κ2) is 12.5. The lowest BCUT2D eigenvalue weighted by Gasteiger charge is -2.40. The van der Waals surface area contributed by atoms with E-state index in [4.69, 9.17) is 0 Å². The third-order valence-corrected chi connectivity index (χ3v) is 7.57. The number of carbonyl (C=O) groups excluding carboxylic acids is 2. The van der Waals surface area contributed by atoms with Crippen molar-refractivity contribution < 1.29 is 9.59 Å².